The molecule has 0 radical (unpaired) electrons. The van der Waals surface area contributed by atoms with Gasteiger partial charge in [0.05, 0.1) is 17.7 Å². The molecule has 8 nitrogen and oxygen atoms in total. The van der Waals surface area contributed by atoms with Crippen LogP contribution in [0.3, 0.4) is 0 Å². The van der Waals surface area contributed by atoms with Crippen molar-refractivity contribution in [2.24, 2.45) is 0 Å². The summed E-state index contributed by atoms with van der Waals surface area (Å²) in [6.45, 7) is 0.880. The average molecular weight is 352 g/mol. The van der Waals surface area contributed by atoms with Crippen molar-refractivity contribution in [3.8, 4) is 17.7 Å². The van der Waals surface area contributed by atoms with Gasteiger partial charge in [0.1, 0.15) is 12.4 Å². The van der Waals surface area contributed by atoms with Crippen LogP contribution in [0, 0.1) is 11.3 Å². The molecule has 1 aromatic carbocycles. The zero-order valence-electron chi connectivity index (χ0n) is 13.8. The van der Waals surface area contributed by atoms with E-state index >= 15 is 0 Å². The molecule has 0 aliphatic carbocycles. The lowest BCUT2D eigenvalue weighted by Gasteiger charge is -2.25. The van der Waals surface area contributed by atoms with Crippen LogP contribution < -0.4 is 14.8 Å². The molecule has 8 heteroatoms. The summed E-state index contributed by atoms with van der Waals surface area (Å²) in [5.41, 5.74) is 1.69. The van der Waals surface area contributed by atoms with Crippen LogP contribution in [0.25, 0.3) is 0 Å². The normalized spacial score (nSPS) is 20.6. The van der Waals surface area contributed by atoms with Gasteiger partial charge in [0.25, 0.3) is 5.91 Å². The van der Waals surface area contributed by atoms with Gasteiger partial charge in [-0.25, -0.2) is 4.68 Å². The SMILES string of the molecule is N#Cc1ccc2c(c1)C[C@@H](NC(=O)c1cc3n(n1)CCC(C=O)O3)CO2. The number of amides is 1. The second kappa shape index (κ2) is 6.52. The first-order chi connectivity index (χ1) is 12.7. The first-order valence-corrected chi connectivity index (χ1v) is 8.33. The van der Waals surface area contributed by atoms with Crippen molar-refractivity contribution >= 4 is 12.2 Å². The van der Waals surface area contributed by atoms with Gasteiger partial charge in [-0.05, 0) is 30.2 Å². The molecule has 2 atom stereocenters. The van der Waals surface area contributed by atoms with E-state index < -0.39 is 6.10 Å². The second-order valence-electron chi connectivity index (χ2n) is 6.29. The Morgan fingerprint density at radius 2 is 2.31 bits per heavy atom. The number of aldehydes is 1. The van der Waals surface area contributed by atoms with Crippen molar-refractivity contribution < 1.29 is 19.1 Å². The van der Waals surface area contributed by atoms with Crippen molar-refractivity contribution in [2.45, 2.75) is 31.5 Å². The van der Waals surface area contributed by atoms with Crippen LogP contribution in [0.4, 0.5) is 0 Å². The van der Waals surface area contributed by atoms with E-state index in [1.165, 1.54) is 6.07 Å². The molecule has 0 fully saturated rings. The molecule has 0 spiro atoms. The van der Waals surface area contributed by atoms with Crippen LogP contribution in [0.1, 0.15) is 28.0 Å². The van der Waals surface area contributed by atoms with Gasteiger partial charge in [-0.15, -0.1) is 0 Å². The summed E-state index contributed by atoms with van der Waals surface area (Å²) in [6, 6.07) is 8.68. The summed E-state index contributed by atoms with van der Waals surface area (Å²) < 4.78 is 12.7. The predicted octanol–water partition coefficient (Wildman–Crippen LogP) is 0.838. The summed E-state index contributed by atoms with van der Waals surface area (Å²) in [5, 5.41) is 16.1. The zero-order chi connectivity index (χ0) is 18.1. The number of aromatic nitrogens is 2. The number of hydrogen-bond donors (Lipinski definition) is 1. The molecule has 0 saturated heterocycles. The molecular weight excluding hydrogens is 336 g/mol. The van der Waals surface area contributed by atoms with Gasteiger partial charge in [0.2, 0.25) is 5.88 Å². The number of rotatable bonds is 3. The number of nitrogens with zero attached hydrogens (tertiary/aromatic N) is 3. The molecule has 1 aromatic heterocycles. The molecule has 4 rings (SSSR count). The number of ether oxygens (including phenoxy) is 2. The molecule has 1 amide bonds. The maximum Gasteiger partial charge on any atom is 0.272 e. The summed E-state index contributed by atoms with van der Waals surface area (Å²) in [7, 11) is 0. The largest absolute Gasteiger partial charge is 0.491 e. The number of aryl methyl sites for hydroxylation is 1. The van der Waals surface area contributed by atoms with Crippen LogP contribution in [-0.4, -0.2) is 40.7 Å². The van der Waals surface area contributed by atoms with E-state index in [1.54, 1.807) is 22.9 Å². The van der Waals surface area contributed by atoms with Gasteiger partial charge in [-0.2, -0.15) is 10.4 Å². The Labute approximate surface area is 149 Å². The lowest BCUT2D eigenvalue weighted by Crippen LogP contribution is -2.42. The Morgan fingerprint density at radius 1 is 1.42 bits per heavy atom. The molecule has 2 aliphatic rings. The fourth-order valence-electron chi connectivity index (χ4n) is 3.14. The van der Waals surface area contributed by atoms with E-state index in [0.717, 1.165) is 17.6 Å². The minimum atomic E-state index is -0.493. The molecule has 3 heterocycles. The monoisotopic (exact) mass is 352 g/mol. The Balaban J connectivity index is 1.45. The highest BCUT2D eigenvalue weighted by Gasteiger charge is 2.26. The molecule has 26 heavy (non-hydrogen) atoms. The molecule has 0 saturated carbocycles. The highest BCUT2D eigenvalue weighted by Crippen LogP contribution is 2.26. The highest BCUT2D eigenvalue weighted by atomic mass is 16.5. The number of nitrogens with one attached hydrogen (secondary N) is 1. The third-order valence-corrected chi connectivity index (χ3v) is 4.46. The van der Waals surface area contributed by atoms with Crippen molar-refractivity contribution in [2.75, 3.05) is 6.61 Å². The van der Waals surface area contributed by atoms with Gasteiger partial charge in [-0.1, -0.05) is 0 Å². The Kier molecular flexibility index (Phi) is 4.05. The Bertz CT molecular complexity index is 914. The number of carbonyl (C=O) groups excluding carboxylic acids is 2. The summed E-state index contributed by atoms with van der Waals surface area (Å²) in [4.78, 5) is 23.3. The fraction of sp³-hybridized carbons (Fsp3) is 0.333. The number of fused-ring (bicyclic) bond motifs is 2. The van der Waals surface area contributed by atoms with Gasteiger partial charge < -0.3 is 14.8 Å². The third-order valence-electron chi connectivity index (χ3n) is 4.46. The first-order valence-electron chi connectivity index (χ1n) is 8.33. The van der Waals surface area contributed by atoms with Gasteiger partial charge >= 0.3 is 0 Å². The summed E-state index contributed by atoms with van der Waals surface area (Å²) in [5.74, 6) is 0.828. The van der Waals surface area contributed by atoms with E-state index in [9.17, 15) is 9.59 Å². The smallest absolute Gasteiger partial charge is 0.272 e. The van der Waals surface area contributed by atoms with Gasteiger partial charge in [0.15, 0.2) is 18.1 Å². The topological polar surface area (TPSA) is 106 Å². The van der Waals surface area contributed by atoms with E-state index in [1.807, 2.05) is 0 Å². The van der Waals surface area contributed by atoms with Gasteiger partial charge in [-0.3, -0.25) is 9.59 Å². The van der Waals surface area contributed by atoms with E-state index in [4.69, 9.17) is 14.7 Å². The first kappa shape index (κ1) is 16.1. The van der Waals surface area contributed by atoms with Crippen molar-refractivity contribution in [1.82, 2.24) is 15.1 Å². The maximum absolute atomic E-state index is 12.5. The van der Waals surface area contributed by atoms with E-state index in [-0.39, 0.29) is 17.6 Å². The van der Waals surface area contributed by atoms with Crippen LogP contribution in [0.2, 0.25) is 0 Å². The van der Waals surface area contributed by atoms with E-state index in [2.05, 4.69) is 16.5 Å². The minimum Gasteiger partial charge on any atom is -0.491 e. The average Bonchev–Trinajstić information content (AvgIpc) is 3.10. The molecule has 1 unspecified atom stereocenters. The predicted molar refractivity (Wildman–Crippen MR) is 88.9 cm³/mol. The zero-order valence-corrected chi connectivity index (χ0v) is 13.8. The molecular formula is C18H16N4O4. The summed E-state index contributed by atoms with van der Waals surface area (Å²) >= 11 is 0. The Morgan fingerprint density at radius 3 is 3.12 bits per heavy atom. The number of hydrogen-bond acceptors (Lipinski definition) is 6. The molecule has 1 N–H and O–H groups in total. The molecule has 132 valence electrons. The van der Waals surface area contributed by atoms with Crippen molar-refractivity contribution in [3.05, 3.63) is 41.1 Å². The third kappa shape index (κ3) is 2.99. The van der Waals surface area contributed by atoms with E-state index in [0.29, 0.717) is 37.4 Å². The minimum absolute atomic E-state index is 0.216. The number of nitriles is 1. The molecule has 0 bridgehead atoms. The molecule has 2 aromatic rings. The maximum atomic E-state index is 12.5. The fourth-order valence-corrected chi connectivity index (χ4v) is 3.14. The number of carbonyl (C=O) groups is 2. The Hall–Kier alpha value is -3.34. The quantitative estimate of drug-likeness (QED) is 0.821. The highest BCUT2D eigenvalue weighted by molar-refractivity contribution is 5.92. The van der Waals surface area contributed by atoms with Crippen LogP contribution in [0.5, 0.6) is 11.6 Å². The molecule has 2 aliphatic heterocycles. The van der Waals surface area contributed by atoms with Crippen molar-refractivity contribution in [3.63, 3.8) is 0 Å². The van der Waals surface area contributed by atoms with Crippen LogP contribution in [-0.2, 0) is 17.8 Å². The van der Waals surface area contributed by atoms with Crippen LogP contribution in [0.15, 0.2) is 24.3 Å². The lowest BCUT2D eigenvalue weighted by atomic mass is 10.0. The van der Waals surface area contributed by atoms with Crippen molar-refractivity contribution in [1.29, 1.82) is 5.26 Å². The van der Waals surface area contributed by atoms with Gasteiger partial charge in [0, 0.05) is 19.0 Å². The summed E-state index contributed by atoms with van der Waals surface area (Å²) in [6.07, 6.45) is 1.37. The lowest BCUT2D eigenvalue weighted by molar-refractivity contribution is -0.115. The second-order valence-corrected chi connectivity index (χ2v) is 6.29. The number of benzene rings is 1. The van der Waals surface area contributed by atoms with Crippen LogP contribution >= 0.6 is 0 Å². The standard InChI is InChI=1S/C18H16N4O4/c19-8-11-1-2-16-12(5-11)6-13(10-25-16)20-18(24)15-7-17-22(21-15)4-3-14(9-23)26-17/h1-2,5,7,9,13-14H,3-4,6,10H2,(H,20,24)/t13-,14?/m1/s1.